The molecule has 0 radical (unpaired) electrons. The van der Waals surface area contributed by atoms with Crippen molar-refractivity contribution >= 4 is 37.7 Å². The van der Waals surface area contributed by atoms with Gasteiger partial charge in [-0.1, -0.05) is 74.5 Å². The average molecular weight is 583 g/mol. The van der Waals surface area contributed by atoms with Crippen molar-refractivity contribution in [2.24, 2.45) is 5.92 Å². The molecule has 0 fully saturated rings. The molecular formula is C30H36N3O5S2+. The summed E-state index contributed by atoms with van der Waals surface area (Å²) in [5.41, 5.74) is 4.20. The monoisotopic (exact) mass is 582 g/mol. The molecular weight excluding hydrogens is 546 g/mol. The Hall–Kier alpha value is -3.15. The number of sulfonamides is 1. The van der Waals surface area contributed by atoms with Crippen LogP contribution in [0.2, 0.25) is 0 Å². The number of nitrogens with zero attached hydrogens (tertiary/aromatic N) is 2. The fourth-order valence-electron chi connectivity index (χ4n) is 4.59. The summed E-state index contributed by atoms with van der Waals surface area (Å²) >= 11 is 1.38. The van der Waals surface area contributed by atoms with Crippen LogP contribution < -0.4 is 4.90 Å². The van der Waals surface area contributed by atoms with Crippen LogP contribution in [0.5, 0.6) is 0 Å². The largest absolute Gasteiger partial charge is 0.514 e. The Morgan fingerprint density at radius 2 is 1.65 bits per heavy atom. The third kappa shape index (κ3) is 7.52. The van der Waals surface area contributed by atoms with Crippen molar-refractivity contribution < 1.29 is 28.0 Å². The second kappa shape index (κ2) is 13.5. The predicted octanol–water partition coefficient (Wildman–Crippen LogP) is 3.77. The number of alkyl carbamates (subject to hydrolysis) is 2. The number of benzene rings is 3. The number of aromatic nitrogens is 1. The molecule has 1 aromatic heterocycles. The van der Waals surface area contributed by atoms with Crippen LogP contribution in [-0.2, 0) is 27.8 Å². The number of thiazole rings is 1. The van der Waals surface area contributed by atoms with Crippen LogP contribution in [0.1, 0.15) is 25.0 Å². The lowest BCUT2D eigenvalue weighted by Crippen LogP contribution is -3.17. The topological polar surface area (TPSA) is 101 Å². The lowest BCUT2D eigenvalue weighted by molar-refractivity contribution is -0.835. The molecule has 40 heavy (non-hydrogen) atoms. The van der Waals surface area contributed by atoms with Gasteiger partial charge in [0, 0.05) is 19.5 Å². The summed E-state index contributed by atoms with van der Waals surface area (Å²) in [6.45, 7) is 4.03. The number of aliphatic hydroxyl groups is 1. The molecule has 0 saturated carbocycles. The molecule has 0 spiro atoms. The fraction of sp³-hybridized carbons (Fsp3) is 0.333. The Morgan fingerprint density at radius 1 is 1.00 bits per heavy atom. The number of hydrogen-bond acceptors (Lipinski definition) is 7. The Morgan fingerprint density at radius 3 is 2.30 bits per heavy atom. The van der Waals surface area contributed by atoms with Crippen molar-refractivity contribution in [1.82, 2.24) is 9.29 Å². The SMILES string of the molecule is CC(C)CN(C[C@@H](O)[C@H](Cc1ccccc1)[NH+](C)C(=O)OCc1ccccc1)S(=O)(=O)c1ccc2ncsc2c1. The van der Waals surface area contributed by atoms with E-state index in [1.165, 1.54) is 15.6 Å². The molecule has 1 unspecified atom stereocenters. The van der Waals surface area contributed by atoms with Crippen molar-refractivity contribution in [1.29, 1.82) is 0 Å². The Labute approximate surface area is 239 Å². The lowest BCUT2D eigenvalue weighted by Gasteiger charge is -2.31. The van der Waals surface area contributed by atoms with Gasteiger partial charge in [0.05, 0.1) is 27.7 Å². The summed E-state index contributed by atoms with van der Waals surface area (Å²) in [5.74, 6) is 0.0163. The van der Waals surface area contributed by atoms with Gasteiger partial charge in [-0.25, -0.2) is 18.3 Å². The number of likely N-dealkylation sites (N-methyl/N-ethyl adjacent to an activating group) is 1. The van der Waals surface area contributed by atoms with Crippen molar-refractivity contribution in [3.8, 4) is 0 Å². The van der Waals surface area contributed by atoms with Crippen molar-refractivity contribution in [3.63, 3.8) is 0 Å². The number of amides is 1. The third-order valence-electron chi connectivity index (χ3n) is 6.75. The number of fused-ring (bicyclic) bond motifs is 1. The van der Waals surface area contributed by atoms with Gasteiger partial charge < -0.3 is 9.84 Å². The van der Waals surface area contributed by atoms with Crippen LogP contribution in [0.4, 0.5) is 4.79 Å². The van der Waals surface area contributed by atoms with Gasteiger partial charge in [-0.15, -0.1) is 11.3 Å². The number of hydrogen-bond donors (Lipinski definition) is 2. The van der Waals surface area contributed by atoms with E-state index in [-0.39, 0.29) is 30.5 Å². The molecule has 10 heteroatoms. The zero-order chi connectivity index (χ0) is 28.7. The van der Waals surface area contributed by atoms with E-state index in [0.717, 1.165) is 21.3 Å². The van der Waals surface area contributed by atoms with Gasteiger partial charge in [-0.05, 0) is 35.2 Å². The molecule has 0 bridgehead atoms. The highest BCUT2D eigenvalue weighted by atomic mass is 32.2. The summed E-state index contributed by atoms with van der Waals surface area (Å²) in [6, 6.07) is 23.1. The number of rotatable bonds is 12. The number of carbonyl (C=O) groups excluding carboxylic acids is 1. The second-order valence-electron chi connectivity index (χ2n) is 10.3. The first-order valence-electron chi connectivity index (χ1n) is 13.2. The molecule has 0 aliphatic carbocycles. The second-order valence-corrected chi connectivity index (χ2v) is 13.1. The zero-order valence-electron chi connectivity index (χ0n) is 22.9. The minimum Gasteiger partial charge on any atom is -0.415 e. The van der Waals surface area contributed by atoms with Crippen molar-refractivity contribution in [2.45, 2.75) is 43.9 Å². The fourth-order valence-corrected chi connectivity index (χ4v) is 7.03. The highest BCUT2D eigenvalue weighted by Crippen LogP contribution is 2.25. The number of ether oxygens (including phenoxy) is 1. The molecule has 212 valence electrons. The van der Waals surface area contributed by atoms with Crippen LogP contribution in [0.3, 0.4) is 0 Å². The first-order chi connectivity index (χ1) is 19.1. The number of carbonyl (C=O) groups is 1. The molecule has 2 N–H and O–H groups in total. The summed E-state index contributed by atoms with van der Waals surface area (Å²) < 4.78 is 35.3. The van der Waals surface area contributed by atoms with Gasteiger partial charge in [0.15, 0.2) is 0 Å². The summed E-state index contributed by atoms with van der Waals surface area (Å²) in [5, 5.41) is 11.6. The van der Waals surface area contributed by atoms with Crippen LogP contribution >= 0.6 is 11.3 Å². The van der Waals surface area contributed by atoms with Crippen molar-refractivity contribution in [2.75, 3.05) is 20.1 Å². The van der Waals surface area contributed by atoms with E-state index in [1.807, 2.05) is 74.5 Å². The van der Waals surface area contributed by atoms with E-state index in [2.05, 4.69) is 4.98 Å². The van der Waals surface area contributed by atoms with Gasteiger partial charge in [0.25, 0.3) is 0 Å². The maximum Gasteiger partial charge on any atom is 0.514 e. The van der Waals surface area contributed by atoms with Crippen molar-refractivity contribution in [3.05, 3.63) is 95.5 Å². The summed E-state index contributed by atoms with van der Waals surface area (Å²) in [7, 11) is -2.28. The maximum absolute atomic E-state index is 13.8. The highest BCUT2D eigenvalue weighted by Gasteiger charge is 2.37. The van der Waals surface area contributed by atoms with E-state index >= 15 is 0 Å². The molecule has 4 rings (SSSR count). The minimum absolute atomic E-state index is 0.0163. The number of quaternary nitrogens is 1. The van der Waals surface area contributed by atoms with E-state index in [9.17, 15) is 18.3 Å². The minimum atomic E-state index is -3.93. The molecule has 8 nitrogen and oxygen atoms in total. The summed E-state index contributed by atoms with van der Waals surface area (Å²) in [4.78, 5) is 17.9. The van der Waals surface area contributed by atoms with Crippen LogP contribution in [0.25, 0.3) is 10.2 Å². The van der Waals surface area contributed by atoms with Crippen LogP contribution in [-0.4, -0.2) is 61.2 Å². The summed E-state index contributed by atoms with van der Waals surface area (Å²) in [6.07, 6.45) is -1.31. The molecule has 0 aliphatic rings. The molecule has 1 amide bonds. The molecule has 4 aromatic rings. The number of nitrogens with one attached hydrogen (secondary N) is 1. The Kier molecular flexibility index (Phi) is 10.0. The normalized spacial score (nSPS) is 14.3. The van der Waals surface area contributed by atoms with Gasteiger partial charge >= 0.3 is 6.09 Å². The van der Waals surface area contributed by atoms with E-state index in [0.29, 0.717) is 11.3 Å². The quantitative estimate of drug-likeness (QED) is 0.264. The predicted molar refractivity (Wildman–Crippen MR) is 157 cm³/mol. The number of aliphatic hydroxyl groups excluding tert-OH is 1. The van der Waals surface area contributed by atoms with E-state index in [1.54, 1.807) is 30.8 Å². The zero-order valence-corrected chi connectivity index (χ0v) is 24.6. The van der Waals surface area contributed by atoms with Gasteiger partial charge in [-0.3, -0.25) is 0 Å². The first kappa shape index (κ1) is 29.8. The van der Waals surface area contributed by atoms with Crippen LogP contribution in [0, 0.1) is 5.92 Å². The average Bonchev–Trinajstić information content (AvgIpc) is 3.43. The first-order valence-corrected chi connectivity index (χ1v) is 15.6. The Bertz CT molecular complexity index is 1490. The standard InChI is InChI=1S/C30H35N3O5S2/c1-22(2)18-33(40(36,37)25-14-15-26-29(17-25)39-21-31-26)19-28(34)27(16-23-10-6-4-7-11-23)32(3)30(35)38-20-24-12-8-5-9-13-24/h4-15,17,21-22,27-28,34H,16,18-20H2,1-3H3/p+1/t27-,28+/m0/s1. The highest BCUT2D eigenvalue weighted by molar-refractivity contribution is 7.89. The molecule has 3 atom stereocenters. The van der Waals surface area contributed by atoms with E-state index in [4.69, 9.17) is 4.74 Å². The molecule has 3 aromatic carbocycles. The third-order valence-corrected chi connectivity index (χ3v) is 9.37. The van der Waals surface area contributed by atoms with Gasteiger partial charge in [-0.2, -0.15) is 9.10 Å². The van der Waals surface area contributed by atoms with Gasteiger partial charge in [0.2, 0.25) is 10.0 Å². The van der Waals surface area contributed by atoms with E-state index < -0.39 is 28.3 Å². The lowest BCUT2D eigenvalue weighted by atomic mass is 10.00. The maximum atomic E-state index is 13.8. The van der Waals surface area contributed by atoms with Crippen LogP contribution in [0.15, 0.2) is 89.3 Å². The molecule has 0 saturated heterocycles. The Balaban J connectivity index is 1.58. The molecule has 1 heterocycles. The van der Waals surface area contributed by atoms with Gasteiger partial charge in [0.1, 0.15) is 18.8 Å². The molecule has 0 aliphatic heterocycles. The smallest absolute Gasteiger partial charge is 0.415 e.